The fourth-order valence-electron chi connectivity index (χ4n) is 2.89. The Morgan fingerprint density at radius 3 is 2.44 bits per heavy atom. The molecular formula is C14H24O4. The summed E-state index contributed by atoms with van der Waals surface area (Å²) >= 11 is 0. The van der Waals surface area contributed by atoms with E-state index in [0.29, 0.717) is 5.92 Å². The Morgan fingerprint density at radius 1 is 1.11 bits per heavy atom. The average molecular weight is 256 g/mol. The highest BCUT2D eigenvalue weighted by Crippen LogP contribution is 2.30. The predicted octanol–water partition coefficient (Wildman–Crippen LogP) is 2.65. The van der Waals surface area contributed by atoms with Gasteiger partial charge in [-0.05, 0) is 38.0 Å². The van der Waals surface area contributed by atoms with Crippen LogP contribution >= 0.6 is 0 Å². The maximum atomic E-state index is 11.9. The van der Waals surface area contributed by atoms with Crippen LogP contribution in [0.15, 0.2) is 0 Å². The molecule has 0 bridgehead atoms. The lowest BCUT2D eigenvalue weighted by Crippen LogP contribution is -2.39. The van der Waals surface area contributed by atoms with Crippen molar-refractivity contribution in [3.8, 4) is 0 Å². The van der Waals surface area contributed by atoms with Crippen molar-refractivity contribution in [2.75, 3.05) is 13.7 Å². The zero-order valence-electron chi connectivity index (χ0n) is 11.2. The van der Waals surface area contributed by atoms with E-state index in [4.69, 9.17) is 14.2 Å². The van der Waals surface area contributed by atoms with Gasteiger partial charge in [-0.3, -0.25) is 0 Å². The van der Waals surface area contributed by atoms with Crippen molar-refractivity contribution in [3.05, 3.63) is 0 Å². The fourth-order valence-corrected chi connectivity index (χ4v) is 2.89. The number of hydrogen-bond acceptors (Lipinski definition) is 4. The minimum absolute atomic E-state index is 0.218. The number of carbonyl (C=O) groups is 1. The van der Waals surface area contributed by atoms with Gasteiger partial charge in [0.2, 0.25) is 0 Å². The molecule has 2 unspecified atom stereocenters. The third-order valence-electron chi connectivity index (χ3n) is 3.95. The van der Waals surface area contributed by atoms with Gasteiger partial charge in [0, 0.05) is 6.61 Å². The summed E-state index contributed by atoms with van der Waals surface area (Å²) in [5.74, 6) is 0.0628. The van der Waals surface area contributed by atoms with Crippen LogP contribution in [0.25, 0.3) is 0 Å². The van der Waals surface area contributed by atoms with E-state index in [1.165, 1.54) is 26.4 Å². The average Bonchev–Trinajstić information content (AvgIpc) is 2.46. The maximum Gasteiger partial charge on any atom is 0.335 e. The van der Waals surface area contributed by atoms with Crippen molar-refractivity contribution in [2.45, 2.75) is 63.8 Å². The molecule has 0 N–H and O–H groups in total. The van der Waals surface area contributed by atoms with Gasteiger partial charge in [-0.2, -0.15) is 0 Å². The molecule has 18 heavy (non-hydrogen) atoms. The summed E-state index contributed by atoms with van der Waals surface area (Å²) in [6.07, 6.45) is 8.21. The van der Waals surface area contributed by atoms with Crippen LogP contribution in [0.2, 0.25) is 0 Å². The van der Waals surface area contributed by atoms with Crippen LogP contribution < -0.4 is 0 Å². The molecule has 2 rings (SSSR count). The molecule has 0 amide bonds. The first-order chi connectivity index (χ1) is 8.81. The Labute approximate surface area is 109 Å². The quantitative estimate of drug-likeness (QED) is 0.725. The first kappa shape index (κ1) is 13.8. The molecule has 4 nitrogen and oxygen atoms in total. The van der Waals surface area contributed by atoms with Crippen LogP contribution in [0.5, 0.6) is 0 Å². The molecule has 1 saturated carbocycles. The zero-order valence-corrected chi connectivity index (χ0v) is 11.2. The van der Waals surface area contributed by atoms with Crippen LogP contribution in [0.1, 0.15) is 51.4 Å². The van der Waals surface area contributed by atoms with Crippen molar-refractivity contribution >= 4 is 5.97 Å². The molecular weight excluding hydrogens is 232 g/mol. The number of esters is 1. The second-order valence-electron chi connectivity index (χ2n) is 5.27. The van der Waals surface area contributed by atoms with Crippen LogP contribution in [0.3, 0.4) is 0 Å². The van der Waals surface area contributed by atoms with Gasteiger partial charge in [0.05, 0.1) is 7.11 Å². The van der Waals surface area contributed by atoms with Crippen molar-refractivity contribution in [1.29, 1.82) is 0 Å². The number of carbonyl (C=O) groups excluding carboxylic acids is 1. The predicted molar refractivity (Wildman–Crippen MR) is 67.1 cm³/mol. The standard InChI is InChI=1S/C14H24O4/c1-16-14(15)13(11-7-3-2-4-8-11)18-12-9-5-6-10-17-12/h11-13H,2-10H2,1H3. The molecule has 0 aromatic carbocycles. The number of ether oxygens (including phenoxy) is 3. The van der Waals surface area contributed by atoms with E-state index in [1.54, 1.807) is 0 Å². The normalized spacial score (nSPS) is 27.7. The fraction of sp³-hybridized carbons (Fsp3) is 0.929. The lowest BCUT2D eigenvalue weighted by atomic mass is 9.85. The Kier molecular flexibility index (Phi) is 5.45. The zero-order chi connectivity index (χ0) is 12.8. The summed E-state index contributed by atoms with van der Waals surface area (Å²) in [4.78, 5) is 11.9. The highest BCUT2D eigenvalue weighted by atomic mass is 16.7. The molecule has 1 heterocycles. The number of methoxy groups -OCH3 is 1. The van der Waals surface area contributed by atoms with Crippen LogP contribution in [-0.4, -0.2) is 32.1 Å². The van der Waals surface area contributed by atoms with Crippen LogP contribution in [0, 0.1) is 5.92 Å². The van der Waals surface area contributed by atoms with Gasteiger partial charge < -0.3 is 14.2 Å². The number of hydrogen-bond donors (Lipinski definition) is 0. The van der Waals surface area contributed by atoms with E-state index in [2.05, 4.69) is 0 Å². The third kappa shape index (κ3) is 3.69. The second kappa shape index (κ2) is 7.10. The summed E-state index contributed by atoms with van der Waals surface area (Å²) < 4.78 is 16.3. The van der Waals surface area contributed by atoms with E-state index in [0.717, 1.165) is 38.7 Å². The molecule has 0 spiro atoms. The SMILES string of the molecule is COC(=O)C(OC1CCCCO1)C1CCCCC1. The van der Waals surface area contributed by atoms with E-state index < -0.39 is 6.10 Å². The highest BCUT2D eigenvalue weighted by Gasteiger charge is 2.34. The molecule has 2 aliphatic rings. The molecule has 1 aliphatic heterocycles. The molecule has 2 fully saturated rings. The largest absolute Gasteiger partial charge is 0.467 e. The third-order valence-corrected chi connectivity index (χ3v) is 3.95. The van der Waals surface area contributed by atoms with Gasteiger partial charge in [0.25, 0.3) is 0 Å². The minimum atomic E-state index is -0.432. The van der Waals surface area contributed by atoms with Gasteiger partial charge in [-0.15, -0.1) is 0 Å². The lowest BCUT2D eigenvalue weighted by Gasteiger charge is -2.32. The van der Waals surface area contributed by atoms with Crippen LogP contribution in [-0.2, 0) is 19.0 Å². The molecule has 1 saturated heterocycles. The van der Waals surface area contributed by atoms with Crippen molar-refractivity contribution in [3.63, 3.8) is 0 Å². The molecule has 4 heteroatoms. The van der Waals surface area contributed by atoms with Crippen LogP contribution in [0.4, 0.5) is 0 Å². The Morgan fingerprint density at radius 2 is 1.83 bits per heavy atom. The summed E-state index contributed by atoms with van der Waals surface area (Å²) in [6.45, 7) is 0.739. The maximum absolute atomic E-state index is 11.9. The highest BCUT2D eigenvalue weighted by molar-refractivity contribution is 5.75. The monoisotopic (exact) mass is 256 g/mol. The topological polar surface area (TPSA) is 44.8 Å². The van der Waals surface area contributed by atoms with E-state index >= 15 is 0 Å². The first-order valence-electron chi connectivity index (χ1n) is 7.16. The smallest absolute Gasteiger partial charge is 0.335 e. The molecule has 0 radical (unpaired) electrons. The van der Waals surface area contributed by atoms with Crippen molar-refractivity contribution < 1.29 is 19.0 Å². The van der Waals surface area contributed by atoms with E-state index in [-0.39, 0.29) is 12.3 Å². The molecule has 2 atom stereocenters. The van der Waals surface area contributed by atoms with Gasteiger partial charge in [0.1, 0.15) is 0 Å². The molecule has 104 valence electrons. The summed E-state index contributed by atoms with van der Waals surface area (Å²) in [5, 5.41) is 0. The molecule has 1 aliphatic carbocycles. The summed E-state index contributed by atoms with van der Waals surface area (Å²) in [6, 6.07) is 0. The molecule has 0 aromatic heterocycles. The van der Waals surface area contributed by atoms with Crippen molar-refractivity contribution in [2.24, 2.45) is 5.92 Å². The molecule has 0 aromatic rings. The van der Waals surface area contributed by atoms with Gasteiger partial charge >= 0.3 is 5.97 Å². The van der Waals surface area contributed by atoms with E-state index in [9.17, 15) is 4.79 Å². The minimum Gasteiger partial charge on any atom is -0.467 e. The van der Waals surface area contributed by atoms with Crippen molar-refractivity contribution in [1.82, 2.24) is 0 Å². The Balaban J connectivity index is 1.92. The Hall–Kier alpha value is -0.610. The first-order valence-corrected chi connectivity index (χ1v) is 7.16. The van der Waals surface area contributed by atoms with E-state index in [1.807, 2.05) is 0 Å². The van der Waals surface area contributed by atoms with Gasteiger partial charge in [0.15, 0.2) is 12.4 Å². The Bertz CT molecular complexity index is 255. The number of rotatable bonds is 4. The van der Waals surface area contributed by atoms with Gasteiger partial charge in [-0.25, -0.2) is 4.79 Å². The summed E-state index contributed by atoms with van der Waals surface area (Å²) in [5.41, 5.74) is 0. The lowest BCUT2D eigenvalue weighted by molar-refractivity contribution is -0.212. The summed E-state index contributed by atoms with van der Waals surface area (Å²) in [7, 11) is 1.43. The second-order valence-corrected chi connectivity index (χ2v) is 5.27. The van der Waals surface area contributed by atoms with Gasteiger partial charge in [-0.1, -0.05) is 19.3 Å².